The number of likely N-dealkylation sites (tertiary alicyclic amines) is 2. The maximum atomic E-state index is 6.40. The minimum absolute atomic E-state index is 0.435. The van der Waals surface area contributed by atoms with Crippen molar-refractivity contribution >= 4 is 0 Å². The molecule has 3 rings (SSSR count). The van der Waals surface area contributed by atoms with Crippen LogP contribution in [0.4, 0.5) is 0 Å². The zero-order chi connectivity index (χ0) is 12.4. The number of hydrogen-bond donors (Lipinski definition) is 1. The van der Waals surface area contributed by atoms with Crippen molar-refractivity contribution < 1.29 is 0 Å². The molecule has 2 saturated heterocycles. The molecule has 104 valence electrons. The van der Waals surface area contributed by atoms with E-state index in [1.54, 1.807) is 0 Å². The molecule has 2 N–H and O–H groups in total. The topological polar surface area (TPSA) is 32.5 Å². The van der Waals surface area contributed by atoms with E-state index in [9.17, 15) is 0 Å². The second-order valence-corrected chi connectivity index (χ2v) is 6.55. The smallest absolute Gasteiger partial charge is 0.0247 e. The quantitative estimate of drug-likeness (QED) is 0.760. The molecule has 1 aliphatic carbocycles. The fourth-order valence-corrected chi connectivity index (χ4v) is 4.24. The summed E-state index contributed by atoms with van der Waals surface area (Å²) < 4.78 is 0. The predicted molar refractivity (Wildman–Crippen MR) is 75.6 cm³/mol. The average Bonchev–Trinajstić information content (AvgIpc) is 3.00. The third-order valence-electron chi connectivity index (χ3n) is 5.35. The van der Waals surface area contributed by atoms with Gasteiger partial charge in [-0.2, -0.15) is 0 Å². The summed E-state index contributed by atoms with van der Waals surface area (Å²) in [5.41, 5.74) is 6.40. The lowest BCUT2D eigenvalue weighted by Gasteiger charge is -2.32. The van der Waals surface area contributed by atoms with Crippen molar-refractivity contribution in [3.8, 4) is 0 Å². The zero-order valence-corrected chi connectivity index (χ0v) is 11.7. The lowest BCUT2D eigenvalue weighted by molar-refractivity contribution is 0.174. The highest BCUT2D eigenvalue weighted by Crippen LogP contribution is 2.27. The van der Waals surface area contributed by atoms with Crippen LogP contribution in [0, 0.1) is 0 Å². The number of nitrogens with two attached hydrogens (primary N) is 1. The first-order valence-electron chi connectivity index (χ1n) is 8.08. The summed E-state index contributed by atoms with van der Waals surface area (Å²) in [5, 5.41) is 0. The molecule has 0 aromatic heterocycles. The lowest BCUT2D eigenvalue weighted by Crippen LogP contribution is -2.47. The first-order valence-corrected chi connectivity index (χ1v) is 8.08. The van der Waals surface area contributed by atoms with Gasteiger partial charge >= 0.3 is 0 Å². The lowest BCUT2D eigenvalue weighted by atomic mass is 10.0. The molecular formula is C15H29N3. The summed E-state index contributed by atoms with van der Waals surface area (Å²) in [6.07, 6.45) is 10.9. The van der Waals surface area contributed by atoms with Crippen LogP contribution < -0.4 is 5.73 Å². The Bertz CT molecular complexity index is 262. The standard InChI is InChI=1S/C15H29N3/c16-14-6-2-1-3-7-15(14)18-11-8-13(12-18)17-9-4-5-10-17/h13-15H,1-12,16H2. The molecule has 0 amide bonds. The summed E-state index contributed by atoms with van der Waals surface area (Å²) in [5.74, 6) is 0. The first-order chi connectivity index (χ1) is 8.84. The largest absolute Gasteiger partial charge is 0.326 e. The fourth-order valence-electron chi connectivity index (χ4n) is 4.24. The Labute approximate surface area is 112 Å². The van der Waals surface area contributed by atoms with Crippen LogP contribution in [0.1, 0.15) is 51.4 Å². The van der Waals surface area contributed by atoms with Crippen LogP contribution in [0.2, 0.25) is 0 Å². The minimum Gasteiger partial charge on any atom is -0.326 e. The van der Waals surface area contributed by atoms with Crippen LogP contribution in [0.3, 0.4) is 0 Å². The highest BCUT2D eigenvalue weighted by Gasteiger charge is 2.34. The highest BCUT2D eigenvalue weighted by molar-refractivity contribution is 4.92. The van der Waals surface area contributed by atoms with Crippen LogP contribution >= 0.6 is 0 Å². The number of hydrogen-bond acceptors (Lipinski definition) is 3. The Morgan fingerprint density at radius 1 is 0.722 bits per heavy atom. The van der Waals surface area contributed by atoms with Crippen molar-refractivity contribution in [1.29, 1.82) is 0 Å². The fraction of sp³-hybridized carbons (Fsp3) is 1.00. The molecule has 3 atom stereocenters. The normalized spacial score (nSPS) is 40.2. The second-order valence-electron chi connectivity index (χ2n) is 6.55. The molecule has 3 unspecified atom stereocenters. The van der Waals surface area contributed by atoms with Crippen molar-refractivity contribution in [2.45, 2.75) is 69.5 Å². The third-order valence-corrected chi connectivity index (χ3v) is 5.35. The Hall–Kier alpha value is -0.120. The molecule has 3 aliphatic rings. The van der Waals surface area contributed by atoms with Gasteiger partial charge in [-0.3, -0.25) is 9.80 Å². The maximum absolute atomic E-state index is 6.40. The Morgan fingerprint density at radius 3 is 2.33 bits per heavy atom. The Morgan fingerprint density at radius 2 is 1.50 bits per heavy atom. The maximum Gasteiger partial charge on any atom is 0.0247 e. The van der Waals surface area contributed by atoms with E-state index < -0.39 is 0 Å². The van der Waals surface area contributed by atoms with Crippen molar-refractivity contribution in [3.05, 3.63) is 0 Å². The molecule has 18 heavy (non-hydrogen) atoms. The summed E-state index contributed by atoms with van der Waals surface area (Å²) in [6.45, 7) is 5.27. The van der Waals surface area contributed by atoms with Crippen LogP contribution in [0.15, 0.2) is 0 Å². The molecule has 0 radical (unpaired) electrons. The van der Waals surface area contributed by atoms with Gasteiger partial charge in [-0.15, -0.1) is 0 Å². The van der Waals surface area contributed by atoms with Gasteiger partial charge in [-0.05, 0) is 45.2 Å². The third kappa shape index (κ3) is 2.73. The number of nitrogens with zero attached hydrogens (tertiary/aromatic N) is 2. The van der Waals surface area contributed by atoms with Gasteiger partial charge in [0.25, 0.3) is 0 Å². The van der Waals surface area contributed by atoms with E-state index in [0.717, 1.165) is 6.04 Å². The van der Waals surface area contributed by atoms with Gasteiger partial charge in [0.05, 0.1) is 0 Å². The molecule has 1 saturated carbocycles. The molecule has 0 aromatic carbocycles. The molecule has 2 heterocycles. The molecule has 3 fully saturated rings. The van der Waals surface area contributed by atoms with E-state index in [0.29, 0.717) is 12.1 Å². The van der Waals surface area contributed by atoms with Crippen molar-refractivity contribution in [2.24, 2.45) is 5.73 Å². The highest BCUT2D eigenvalue weighted by atomic mass is 15.3. The average molecular weight is 251 g/mol. The van der Waals surface area contributed by atoms with Crippen molar-refractivity contribution in [1.82, 2.24) is 9.80 Å². The van der Waals surface area contributed by atoms with E-state index in [-0.39, 0.29) is 0 Å². The summed E-state index contributed by atoms with van der Waals surface area (Å²) >= 11 is 0. The zero-order valence-electron chi connectivity index (χ0n) is 11.7. The van der Waals surface area contributed by atoms with E-state index in [4.69, 9.17) is 5.73 Å². The molecule has 0 spiro atoms. The van der Waals surface area contributed by atoms with Gasteiger partial charge in [0.2, 0.25) is 0 Å². The van der Waals surface area contributed by atoms with Gasteiger partial charge in [0.1, 0.15) is 0 Å². The molecule has 3 nitrogen and oxygen atoms in total. The Kier molecular flexibility index (Phi) is 4.22. The van der Waals surface area contributed by atoms with Crippen LogP contribution in [0.25, 0.3) is 0 Å². The molecule has 0 bridgehead atoms. The summed E-state index contributed by atoms with van der Waals surface area (Å²) in [6, 6.07) is 1.95. The number of rotatable bonds is 2. The molecule has 0 aromatic rings. The van der Waals surface area contributed by atoms with Crippen molar-refractivity contribution in [2.75, 3.05) is 26.2 Å². The first kappa shape index (κ1) is 12.9. The van der Waals surface area contributed by atoms with Gasteiger partial charge in [0, 0.05) is 31.2 Å². The van der Waals surface area contributed by atoms with Crippen LogP contribution in [0.5, 0.6) is 0 Å². The molecule has 3 heteroatoms. The van der Waals surface area contributed by atoms with E-state index in [1.807, 2.05) is 0 Å². The van der Waals surface area contributed by atoms with Gasteiger partial charge < -0.3 is 5.73 Å². The van der Waals surface area contributed by atoms with Crippen molar-refractivity contribution in [3.63, 3.8) is 0 Å². The van der Waals surface area contributed by atoms with Gasteiger partial charge in [0.15, 0.2) is 0 Å². The summed E-state index contributed by atoms with van der Waals surface area (Å²) in [4.78, 5) is 5.45. The van der Waals surface area contributed by atoms with Crippen LogP contribution in [-0.2, 0) is 0 Å². The summed E-state index contributed by atoms with van der Waals surface area (Å²) in [7, 11) is 0. The Balaban J connectivity index is 1.56. The minimum atomic E-state index is 0.435. The van der Waals surface area contributed by atoms with Gasteiger partial charge in [-0.25, -0.2) is 0 Å². The molecule has 2 aliphatic heterocycles. The second kappa shape index (κ2) is 5.89. The van der Waals surface area contributed by atoms with Crippen LogP contribution in [-0.4, -0.2) is 54.1 Å². The van der Waals surface area contributed by atoms with E-state index in [2.05, 4.69) is 9.80 Å². The molecular weight excluding hydrogens is 222 g/mol. The monoisotopic (exact) mass is 251 g/mol. The van der Waals surface area contributed by atoms with Gasteiger partial charge in [-0.1, -0.05) is 19.3 Å². The predicted octanol–water partition coefficient (Wildman–Crippen LogP) is 1.82. The van der Waals surface area contributed by atoms with E-state index >= 15 is 0 Å². The SMILES string of the molecule is NC1CCCCCC1N1CCC(N2CCCC2)C1. The van der Waals surface area contributed by atoms with E-state index in [1.165, 1.54) is 77.5 Å².